The molecule has 1 N–H and O–H groups in total. The van der Waals surface area contributed by atoms with Gasteiger partial charge in [-0.25, -0.2) is 12.7 Å². The molecule has 1 heterocycles. The molecule has 8 heteroatoms. The lowest BCUT2D eigenvalue weighted by Crippen LogP contribution is -2.30. The topological polar surface area (TPSA) is 96.7 Å². The van der Waals surface area contributed by atoms with Crippen LogP contribution in [-0.4, -0.2) is 38.0 Å². The molecular formula is C19H24N2O5S. The number of benzene rings is 1. The highest BCUT2D eigenvalue weighted by molar-refractivity contribution is 7.89. The van der Waals surface area contributed by atoms with E-state index in [4.69, 9.17) is 4.42 Å². The van der Waals surface area contributed by atoms with Crippen molar-refractivity contribution in [3.05, 3.63) is 54.0 Å². The predicted molar refractivity (Wildman–Crippen MR) is 101 cm³/mol. The molecule has 0 saturated carbocycles. The molecular weight excluding hydrogens is 368 g/mol. The fraction of sp³-hybridized carbons (Fsp3) is 0.368. The van der Waals surface area contributed by atoms with E-state index in [1.807, 2.05) is 6.92 Å². The number of sulfonamides is 1. The van der Waals surface area contributed by atoms with Crippen LogP contribution in [0.2, 0.25) is 0 Å². The molecule has 0 aliphatic carbocycles. The monoisotopic (exact) mass is 392 g/mol. The molecule has 0 fully saturated rings. The van der Waals surface area contributed by atoms with E-state index in [1.165, 1.54) is 42.5 Å². The van der Waals surface area contributed by atoms with E-state index in [0.717, 1.165) is 0 Å². The predicted octanol–water partition coefficient (Wildman–Crippen LogP) is 2.76. The maximum absolute atomic E-state index is 12.6. The zero-order chi connectivity index (χ0) is 20.0. The quantitative estimate of drug-likeness (QED) is 0.662. The first-order chi connectivity index (χ1) is 12.7. The van der Waals surface area contributed by atoms with Gasteiger partial charge in [-0.1, -0.05) is 12.1 Å². The Morgan fingerprint density at radius 1 is 1.19 bits per heavy atom. The second-order valence-corrected chi connectivity index (χ2v) is 8.36. The van der Waals surface area contributed by atoms with Gasteiger partial charge < -0.3 is 9.73 Å². The fourth-order valence-electron chi connectivity index (χ4n) is 2.55. The summed E-state index contributed by atoms with van der Waals surface area (Å²) in [4.78, 5) is 23.4. The highest BCUT2D eigenvalue weighted by Crippen LogP contribution is 2.16. The van der Waals surface area contributed by atoms with Gasteiger partial charge in [0.15, 0.2) is 5.78 Å². The third kappa shape index (κ3) is 5.51. The minimum Gasteiger partial charge on any atom is -0.467 e. The van der Waals surface area contributed by atoms with Crippen LogP contribution in [0.5, 0.6) is 0 Å². The molecule has 27 heavy (non-hydrogen) atoms. The van der Waals surface area contributed by atoms with Crippen LogP contribution in [0.3, 0.4) is 0 Å². The molecule has 1 aromatic carbocycles. The molecule has 7 nitrogen and oxygen atoms in total. The minimum atomic E-state index is -3.66. The van der Waals surface area contributed by atoms with Crippen LogP contribution >= 0.6 is 0 Å². The van der Waals surface area contributed by atoms with Crippen molar-refractivity contribution < 1.29 is 22.4 Å². The maximum Gasteiger partial charge on any atom is 0.242 e. The highest BCUT2D eigenvalue weighted by Gasteiger charge is 2.21. The van der Waals surface area contributed by atoms with Gasteiger partial charge in [0.1, 0.15) is 5.76 Å². The van der Waals surface area contributed by atoms with E-state index in [-0.39, 0.29) is 35.6 Å². The van der Waals surface area contributed by atoms with E-state index in [1.54, 1.807) is 18.4 Å². The number of rotatable bonds is 9. The molecule has 146 valence electrons. The van der Waals surface area contributed by atoms with Crippen LogP contribution in [0.25, 0.3) is 0 Å². The third-order valence-electron chi connectivity index (χ3n) is 4.19. The minimum absolute atomic E-state index is 0.117. The SMILES string of the molecule is CC(=O)c1ccc(S(=O)(=O)N(C)CCCC(=O)N[C@@H](C)c2ccco2)cc1. The molecule has 0 radical (unpaired) electrons. The summed E-state index contributed by atoms with van der Waals surface area (Å²) in [5, 5.41) is 2.81. The molecule has 1 atom stereocenters. The van der Waals surface area contributed by atoms with Crippen molar-refractivity contribution in [2.75, 3.05) is 13.6 Å². The van der Waals surface area contributed by atoms with Gasteiger partial charge in [0.05, 0.1) is 17.2 Å². The number of amides is 1. The Morgan fingerprint density at radius 3 is 2.41 bits per heavy atom. The highest BCUT2D eigenvalue weighted by atomic mass is 32.2. The van der Waals surface area contributed by atoms with Gasteiger partial charge in [0.2, 0.25) is 15.9 Å². The number of carbonyl (C=O) groups is 2. The van der Waals surface area contributed by atoms with Crippen LogP contribution in [0.4, 0.5) is 0 Å². The van der Waals surface area contributed by atoms with Crippen LogP contribution < -0.4 is 5.32 Å². The summed E-state index contributed by atoms with van der Waals surface area (Å²) in [6.45, 7) is 3.45. The molecule has 1 aromatic heterocycles. The number of furan rings is 1. The molecule has 0 saturated heterocycles. The molecule has 2 aromatic rings. The van der Waals surface area contributed by atoms with Crippen LogP contribution in [0.1, 0.15) is 48.8 Å². The Hall–Kier alpha value is -2.45. The lowest BCUT2D eigenvalue weighted by Gasteiger charge is -2.17. The summed E-state index contributed by atoms with van der Waals surface area (Å²) >= 11 is 0. The molecule has 2 rings (SSSR count). The number of nitrogens with one attached hydrogen (secondary N) is 1. The summed E-state index contributed by atoms with van der Waals surface area (Å²) < 4.78 is 31.5. The van der Waals surface area contributed by atoms with Gasteiger partial charge in [-0.3, -0.25) is 9.59 Å². The molecule has 0 spiro atoms. The van der Waals surface area contributed by atoms with Crippen molar-refractivity contribution >= 4 is 21.7 Å². The summed E-state index contributed by atoms with van der Waals surface area (Å²) in [5.74, 6) is 0.370. The summed E-state index contributed by atoms with van der Waals surface area (Å²) in [7, 11) is -2.19. The Morgan fingerprint density at radius 2 is 1.85 bits per heavy atom. The summed E-state index contributed by atoms with van der Waals surface area (Å²) in [6.07, 6.45) is 2.13. The second-order valence-electron chi connectivity index (χ2n) is 6.32. The van der Waals surface area contributed by atoms with Crippen LogP contribution in [-0.2, 0) is 14.8 Å². The van der Waals surface area contributed by atoms with Gasteiger partial charge in [-0.2, -0.15) is 0 Å². The normalized spacial score (nSPS) is 12.7. The molecule has 0 aliphatic heterocycles. The third-order valence-corrected chi connectivity index (χ3v) is 6.06. The zero-order valence-electron chi connectivity index (χ0n) is 15.6. The van der Waals surface area contributed by atoms with E-state index in [2.05, 4.69) is 5.32 Å². The van der Waals surface area contributed by atoms with E-state index in [9.17, 15) is 18.0 Å². The second kappa shape index (κ2) is 8.96. The number of hydrogen-bond acceptors (Lipinski definition) is 5. The number of carbonyl (C=O) groups excluding carboxylic acids is 2. The van der Waals surface area contributed by atoms with E-state index < -0.39 is 10.0 Å². The average molecular weight is 392 g/mol. The molecule has 0 aliphatic rings. The van der Waals surface area contributed by atoms with Gasteiger partial charge in [0.25, 0.3) is 0 Å². The first-order valence-electron chi connectivity index (χ1n) is 8.62. The lowest BCUT2D eigenvalue weighted by molar-refractivity contribution is -0.122. The average Bonchev–Trinajstić information content (AvgIpc) is 3.16. The van der Waals surface area contributed by atoms with Crippen molar-refractivity contribution in [3.8, 4) is 0 Å². The number of hydrogen-bond donors (Lipinski definition) is 1. The summed E-state index contributed by atoms with van der Waals surface area (Å²) in [6, 6.07) is 9.11. The molecule has 0 unspecified atom stereocenters. The number of Topliss-reactive ketones (excluding diaryl/α,β-unsaturated/α-hetero) is 1. The van der Waals surface area contributed by atoms with Gasteiger partial charge in [-0.05, 0) is 44.5 Å². The fourth-order valence-corrected chi connectivity index (χ4v) is 3.76. The molecule has 0 bridgehead atoms. The Bertz CT molecular complexity index is 873. The Balaban J connectivity index is 1.85. The van der Waals surface area contributed by atoms with Crippen molar-refractivity contribution in [2.45, 2.75) is 37.6 Å². The van der Waals surface area contributed by atoms with Crippen molar-refractivity contribution in [3.63, 3.8) is 0 Å². The first kappa shape index (κ1) is 20.9. The zero-order valence-corrected chi connectivity index (χ0v) is 16.5. The lowest BCUT2D eigenvalue weighted by atomic mass is 10.2. The standard InChI is InChI=1S/C19H24N2O5S/c1-14(18-6-5-13-26-18)20-19(23)7-4-12-21(3)27(24,25)17-10-8-16(9-11-17)15(2)22/h5-6,8-11,13-14H,4,7,12H2,1-3H3,(H,20,23)/t14-/m0/s1. The van der Waals surface area contributed by atoms with Gasteiger partial charge >= 0.3 is 0 Å². The van der Waals surface area contributed by atoms with Gasteiger partial charge in [-0.15, -0.1) is 0 Å². The van der Waals surface area contributed by atoms with Crippen molar-refractivity contribution in [1.29, 1.82) is 0 Å². The van der Waals surface area contributed by atoms with E-state index >= 15 is 0 Å². The smallest absolute Gasteiger partial charge is 0.242 e. The number of ketones is 1. The van der Waals surface area contributed by atoms with Crippen molar-refractivity contribution in [2.24, 2.45) is 0 Å². The van der Waals surface area contributed by atoms with Gasteiger partial charge in [0, 0.05) is 25.6 Å². The van der Waals surface area contributed by atoms with Crippen LogP contribution in [0.15, 0.2) is 52.0 Å². The van der Waals surface area contributed by atoms with E-state index in [0.29, 0.717) is 17.7 Å². The Kier molecular flexibility index (Phi) is 6.92. The Labute approximate surface area is 159 Å². The summed E-state index contributed by atoms with van der Waals surface area (Å²) in [5.41, 5.74) is 0.457. The van der Waals surface area contributed by atoms with Crippen molar-refractivity contribution in [1.82, 2.24) is 9.62 Å². The molecule has 1 amide bonds. The largest absolute Gasteiger partial charge is 0.467 e. The first-order valence-corrected chi connectivity index (χ1v) is 10.1. The van der Waals surface area contributed by atoms with Crippen LogP contribution in [0, 0.1) is 0 Å². The maximum atomic E-state index is 12.6. The number of nitrogens with zero attached hydrogens (tertiary/aromatic N) is 1.